The van der Waals surface area contributed by atoms with Crippen LogP contribution in [0, 0.1) is 11.3 Å². The zero-order valence-electron chi connectivity index (χ0n) is 10.2. The molecule has 0 radical (unpaired) electrons. The van der Waals surface area contributed by atoms with E-state index in [0.717, 1.165) is 0 Å². The Hall–Kier alpha value is -2.32. The minimum atomic E-state index is 0.357. The third-order valence-corrected chi connectivity index (χ3v) is 2.68. The molecule has 1 aromatic heterocycles. The Balaban J connectivity index is 2.50. The molecule has 6 heteroatoms. The number of para-hydroxylation sites is 1. The van der Waals surface area contributed by atoms with Crippen molar-refractivity contribution in [3.8, 4) is 11.8 Å². The molecule has 2 rings (SSSR count). The van der Waals surface area contributed by atoms with E-state index in [9.17, 15) is 0 Å². The molecule has 0 aliphatic carbocycles. The largest absolute Gasteiger partial charge is 0.483 e. The summed E-state index contributed by atoms with van der Waals surface area (Å²) in [6, 6.07) is 9.25. The summed E-state index contributed by atoms with van der Waals surface area (Å²) >= 11 is 6.12. The van der Waals surface area contributed by atoms with Gasteiger partial charge in [-0.05, 0) is 19.1 Å². The quantitative estimate of drug-likeness (QED) is 0.636. The summed E-state index contributed by atoms with van der Waals surface area (Å²) in [5.74, 6) is 0.393. The van der Waals surface area contributed by atoms with Gasteiger partial charge in [0.1, 0.15) is 11.6 Å². The molecular formula is C13H11ClN4O. The van der Waals surface area contributed by atoms with E-state index in [2.05, 4.69) is 10.1 Å². The van der Waals surface area contributed by atoms with Crippen LogP contribution in [0.5, 0.6) is 0 Å². The van der Waals surface area contributed by atoms with Gasteiger partial charge in [-0.25, -0.2) is 4.68 Å². The normalized spacial score (nSPS) is 10.6. The summed E-state index contributed by atoms with van der Waals surface area (Å²) in [6.45, 7) is 2.36. The lowest BCUT2D eigenvalue weighted by molar-refractivity contribution is 0.343. The molecule has 0 aliphatic heterocycles. The van der Waals surface area contributed by atoms with Crippen LogP contribution in [-0.2, 0) is 4.74 Å². The fourth-order valence-electron chi connectivity index (χ4n) is 1.51. The maximum atomic E-state index is 9.05. The molecule has 0 atom stereocenters. The monoisotopic (exact) mass is 274 g/mol. The van der Waals surface area contributed by atoms with Gasteiger partial charge in [-0.3, -0.25) is 0 Å². The highest BCUT2D eigenvalue weighted by atomic mass is 35.5. The molecule has 0 fully saturated rings. The highest BCUT2D eigenvalue weighted by Crippen LogP contribution is 2.26. The van der Waals surface area contributed by atoms with E-state index < -0.39 is 0 Å². The zero-order chi connectivity index (χ0) is 13.7. The van der Waals surface area contributed by atoms with E-state index in [1.165, 1.54) is 17.3 Å². The van der Waals surface area contributed by atoms with Crippen LogP contribution in [0.15, 0.2) is 35.5 Å². The topological polar surface area (TPSA) is 63.2 Å². The maximum absolute atomic E-state index is 9.05. The summed E-state index contributed by atoms with van der Waals surface area (Å²) in [7, 11) is 0. The van der Waals surface area contributed by atoms with Crippen molar-refractivity contribution in [1.29, 1.82) is 5.26 Å². The van der Waals surface area contributed by atoms with Gasteiger partial charge in [-0.2, -0.15) is 15.4 Å². The molecule has 2 aromatic rings. The van der Waals surface area contributed by atoms with E-state index in [1.807, 2.05) is 25.1 Å². The number of ether oxygens (including phenoxy) is 1. The van der Waals surface area contributed by atoms with E-state index >= 15 is 0 Å². The fraction of sp³-hybridized carbons (Fsp3) is 0.154. The van der Waals surface area contributed by atoms with E-state index in [0.29, 0.717) is 28.7 Å². The molecule has 0 N–H and O–H groups in total. The number of halogens is 1. The predicted octanol–water partition coefficient (Wildman–Crippen LogP) is 3.09. The number of hydrogen-bond acceptors (Lipinski definition) is 4. The molecule has 0 unspecified atom stereocenters. The first kappa shape index (κ1) is 13.1. The van der Waals surface area contributed by atoms with Gasteiger partial charge in [0.05, 0.1) is 23.5 Å². The van der Waals surface area contributed by atoms with Crippen LogP contribution < -0.4 is 0 Å². The SMILES string of the molecule is CCO/C=N/c1c(C#N)cnn1-c1ccccc1Cl. The van der Waals surface area contributed by atoms with Gasteiger partial charge < -0.3 is 4.74 Å². The van der Waals surface area contributed by atoms with E-state index in [1.54, 1.807) is 12.1 Å². The van der Waals surface area contributed by atoms with Crippen molar-refractivity contribution in [3.05, 3.63) is 41.0 Å². The minimum Gasteiger partial charge on any atom is -0.483 e. The molecule has 1 heterocycles. The molecule has 0 saturated heterocycles. The Bertz CT molecular complexity index is 642. The Labute approximate surface area is 115 Å². The van der Waals surface area contributed by atoms with Gasteiger partial charge in [-0.1, -0.05) is 23.7 Å². The summed E-state index contributed by atoms with van der Waals surface area (Å²) in [4.78, 5) is 4.12. The number of rotatable bonds is 4. The van der Waals surface area contributed by atoms with Crippen molar-refractivity contribution in [3.63, 3.8) is 0 Å². The number of aromatic nitrogens is 2. The Morgan fingerprint density at radius 2 is 2.32 bits per heavy atom. The highest BCUT2D eigenvalue weighted by molar-refractivity contribution is 6.32. The molecule has 0 aliphatic rings. The van der Waals surface area contributed by atoms with Gasteiger partial charge in [0, 0.05) is 0 Å². The number of nitriles is 1. The van der Waals surface area contributed by atoms with Gasteiger partial charge in [-0.15, -0.1) is 0 Å². The summed E-state index contributed by atoms with van der Waals surface area (Å²) < 4.78 is 6.56. The Morgan fingerprint density at radius 3 is 3.00 bits per heavy atom. The first-order valence-electron chi connectivity index (χ1n) is 5.65. The first-order chi connectivity index (χ1) is 9.27. The van der Waals surface area contributed by atoms with Crippen molar-refractivity contribution in [1.82, 2.24) is 9.78 Å². The number of nitrogens with zero attached hydrogens (tertiary/aromatic N) is 4. The lowest BCUT2D eigenvalue weighted by Gasteiger charge is -2.05. The molecule has 96 valence electrons. The minimum absolute atomic E-state index is 0.357. The summed E-state index contributed by atoms with van der Waals surface area (Å²) in [5.41, 5.74) is 1.02. The average molecular weight is 275 g/mol. The Kier molecular flexibility index (Phi) is 4.16. The van der Waals surface area contributed by atoms with Gasteiger partial charge in [0.2, 0.25) is 0 Å². The van der Waals surface area contributed by atoms with Crippen molar-refractivity contribution in [2.75, 3.05) is 6.61 Å². The van der Waals surface area contributed by atoms with Crippen LogP contribution in [0.25, 0.3) is 5.69 Å². The lowest BCUT2D eigenvalue weighted by atomic mass is 10.3. The van der Waals surface area contributed by atoms with Crippen LogP contribution >= 0.6 is 11.6 Å². The third kappa shape index (κ3) is 2.75. The molecule has 0 bridgehead atoms. The molecule has 1 aromatic carbocycles. The van der Waals surface area contributed by atoms with E-state index in [-0.39, 0.29) is 0 Å². The van der Waals surface area contributed by atoms with Crippen LogP contribution in [0.2, 0.25) is 5.02 Å². The van der Waals surface area contributed by atoms with Gasteiger partial charge >= 0.3 is 0 Å². The van der Waals surface area contributed by atoms with E-state index in [4.69, 9.17) is 21.6 Å². The summed E-state index contributed by atoms with van der Waals surface area (Å²) in [5, 5.41) is 13.7. The molecule has 0 amide bonds. The standard InChI is InChI=1S/C13H11ClN4O/c1-2-19-9-16-13-10(7-15)8-17-18(13)12-6-4-3-5-11(12)14/h3-6,8-9H,2H2,1H3/b16-9+. The third-order valence-electron chi connectivity index (χ3n) is 2.36. The average Bonchev–Trinajstić information content (AvgIpc) is 2.82. The lowest BCUT2D eigenvalue weighted by Crippen LogP contribution is -1.97. The van der Waals surface area contributed by atoms with Crippen molar-refractivity contribution in [2.45, 2.75) is 6.92 Å². The predicted molar refractivity (Wildman–Crippen MR) is 73.1 cm³/mol. The van der Waals surface area contributed by atoms with Crippen LogP contribution in [0.1, 0.15) is 12.5 Å². The number of aliphatic imine (C=N–C) groups is 1. The molecule has 5 nitrogen and oxygen atoms in total. The van der Waals surface area contributed by atoms with Gasteiger partial charge in [0.25, 0.3) is 0 Å². The van der Waals surface area contributed by atoms with Crippen LogP contribution in [-0.4, -0.2) is 22.8 Å². The molecular weight excluding hydrogens is 264 g/mol. The molecule has 0 saturated carbocycles. The maximum Gasteiger partial charge on any atom is 0.176 e. The smallest absolute Gasteiger partial charge is 0.176 e. The second-order valence-corrected chi connectivity index (χ2v) is 3.95. The number of hydrogen-bond donors (Lipinski definition) is 0. The molecule has 0 spiro atoms. The second kappa shape index (κ2) is 6.03. The van der Waals surface area contributed by atoms with Crippen molar-refractivity contribution in [2.24, 2.45) is 4.99 Å². The zero-order valence-corrected chi connectivity index (χ0v) is 11.0. The summed E-state index contributed by atoms with van der Waals surface area (Å²) in [6.07, 6.45) is 2.74. The van der Waals surface area contributed by atoms with Crippen LogP contribution in [0.4, 0.5) is 5.82 Å². The number of benzene rings is 1. The van der Waals surface area contributed by atoms with Crippen molar-refractivity contribution < 1.29 is 4.74 Å². The van der Waals surface area contributed by atoms with Crippen molar-refractivity contribution >= 4 is 23.8 Å². The fourth-order valence-corrected chi connectivity index (χ4v) is 1.72. The van der Waals surface area contributed by atoms with Gasteiger partial charge in [0.15, 0.2) is 12.2 Å². The van der Waals surface area contributed by atoms with Crippen LogP contribution in [0.3, 0.4) is 0 Å². The highest BCUT2D eigenvalue weighted by Gasteiger charge is 2.12. The molecule has 19 heavy (non-hydrogen) atoms. The Morgan fingerprint density at radius 1 is 1.53 bits per heavy atom. The first-order valence-corrected chi connectivity index (χ1v) is 6.03. The second-order valence-electron chi connectivity index (χ2n) is 3.55.